The number of rotatable bonds is 5. The summed E-state index contributed by atoms with van der Waals surface area (Å²) < 4.78 is 10.3. The molecule has 1 fully saturated rings. The van der Waals surface area contributed by atoms with Gasteiger partial charge >= 0.3 is 5.97 Å². The van der Waals surface area contributed by atoms with E-state index in [0.717, 1.165) is 0 Å². The quantitative estimate of drug-likeness (QED) is 0.817. The molecule has 1 aliphatic rings. The Morgan fingerprint density at radius 2 is 2.00 bits per heavy atom. The summed E-state index contributed by atoms with van der Waals surface area (Å²) in [6.45, 7) is 0.486. The minimum Gasteiger partial charge on any atom is -0.493 e. The summed E-state index contributed by atoms with van der Waals surface area (Å²) >= 11 is 3.36. The summed E-state index contributed by atoms with van der Waals surface area (Å²) in [5, 5.41) is 10.1. The van der Waals surface area contributed by atoms with Crippen molar-refractivity contribution >= 4 is 33.5 Å². The number of hydrogen-bond acceptors (Lipinski definition) is 4. The van der Waals surface area contributed by atoms with Crippen LogP contribution >= 0.6 is 15.9 Å². The molecular formula is C14H16BrNO5. The lowest BCUT2D eigenvalue weighted by molar-refractivity contribution is -0.117. The number of aromatic carboxylic acids is 1. The molecular weight excluding hydrogens is 342 g/mol. The largest absolute Gasteiger partial charge is 0.493 e. The zero-order valence-electron chi connectivity index (χ0n) is 11.8. The van der Waals surface area contributed by atoms with E-state index in [0.29, 0.717) is 35.5 Å². The SMILES string of the molecule is COc1cc(C(=O)O)c(N2CC(CBr)CC2=O)cc1OC. The van der Waals surface area contributed by atoms with E-state index in [-0.39, 0.29) is 17.4 Å². The molecule has 2 rings (SSSR count). The number of halogens is 1. The molecule has 1 aliphatic heterocycles. The molecule has 0 aliphatic carbocycles. The van der Waals surface area contributed by atoms with Crippen LogP contribution in [-0.2, 0) is 4.79 Å². The molecule has 1 aromatic carbocycles. The Morgan fingerprint density at radius 3 is 2.48 bits per heavy atom. The Bertz CT molecular complexity index is 575. The Morgan fingerprint density at radius 1 is 1.38 bits per heavy atom. The van der Waals surface area contributed by atoms with Crippen LogP contribution in [0, 0.1) is 5.92 Å². The average Bonchev–Trinajstić information content (AvgIpc) is 2.86. The Kier molecular flexibility index (Phi) is 4.72. The van der Waals surface area contributed by atoms with Crippen molar-refractivity contribution in [3.8, 4) is 11.5 Å². The highest BCUT2D eigenvalue weighted by atomic mass is 79.9. The number of methoxy groups -OCH3 is 2. The first kappa shape index (κ1) is 15.6. The third kappa shape index (κ3) is 2.97. The fourth-order valence-electron chi connectivity index (χ4n) is 2.38. The number of ether oxygens (including phenoxy) is 2. The van der Waals surface area contributed by atoms with Crippen LogP contribution in [0.1, 0.15) is 16.8 Å². The molecule has 21 heavy (non-hydrogen) atoms. The van der Waals surface area contributed by atoms with Crippen molar-refractivity contribution in [3.05, 3.63) is 17.7 Å². The molecule has 1 saturated heterocycles. The van der Waals surface area contributed by atoms with E-state index in [2.05, 4.69) is 15.9 Å². The van der Waals surface area contributed by atoms with Gasteiger partial charge in [-0.3, -0.25) is 4.79 Å². The van der Waals surface area contributed by atoms with Gasteiger partial charge in [0.1, 0.15) is 0 Å². The predicted octanol–water partition coefficient (Wildman–Crippen LogP) is 2.15. The van der Waals surface area contributed by atoms with E-state index in [1.165, 1.54) is 31.3 Å². The maximum Gasteiger partial charge on any atom is 0.337 e. The molecule has 1 aromatic rings. The zero-order chi connectivity index (χ0) is 15.6. The van der Waals surface area contributed by atoms with Gasteiger partial charge in [-0.05, 0) is 5.92 Å². The van der Waals surface area contributed by atoms with Crippen LogP contribution in [0.2, 0.25) is 0 Å². The highest BCUT2D eigenvalue weighted by Gasteiger charge is 2.33. The minimum absolute atomic E-state index is 0.0243. The molecule has 1 unspecified atom stereocenters. The Labute approximate surface area is 130 Å². The summed E-state index contributed by atoms with van der Waals surface area (Å²) in [7, 11) is 2.90. The van der Waals surface area contributed by atoms with Gasteiger partial charge in [0.25, 0.3) is 0 Å². The van der Waals surface area contributed by atoms with Crippen molar-refractivity contribution in [3.63, 3.8) is 0 Å². The number of carboxylic acids is 1. The molecule has 0 spiro atoms. The Hall–Kier alpha value is -1.76. The van der Waals surface area contributed by atoms with Gasteiger partial charge in [-0.15, -0.1) is 0 Å². The fraction of sp³-hybridized carbons (Fsp3) is 0.429. The number of alkyl halides is 1. The maximum absolute atomic E-state index is 12.1. The number of benzene rings is 1. The van der Waals surface area contributed by atoms with E-state index >= 15 is 0 Å². The molecule has 0 bridgehead atoms. The monoisotopic (exact) mass is 357 g/mol. The van der Waals surface area contributed by atoms with Crippen molar-refractivity contribution in [1.29, 1.82) is 0 Å². The molecule has 0 radical (unpaired) electrons. The first-order chi connectivity index (χ1) is 10.0. The van der Waals surface area contributed by atoms with Gasteiger partial charge < -0.3 is 19.5 Å². The highest BCUT2D eigenvalue weighted by molar-refractivity contribution is 9.09. The topological polar surface area (TPSA) is 76.1 Å². The summed E-state index contributed by atoms with van der Waals surface area (Å²) in [5.41, 5.74) is 0.366. The van der Waals surface area contributed by atoms with E-state index in [1.54, 1.807) is 0 Å². The molecule has 1 atom stereocenters. The van der Waals surface area contributed by atoms with Crippen molar-refractivity contribution < 1.29 is 24.2 Å². The number of amides is 1. The summed E-state index contributed by atoms with van der Waals surface area (Å²) in [6, 6.07) is 2.92. The van der Waals surface area contributed by atoms with Gasteiger partial charge in [-0.25, -0.2) is 4.79 Å². The first-order valence-electron chi connectivity index (χ1n) is 6.37. The van der Waals surface area contributed by atoms with Crippen molar-refractivity contribution in [2.45, 2.75) is 6.42 Å². The fourth-order valence-corrected chi connectivity index (χ4v) is 2.81. The number of carboxylic acid groups (broad SMARTS) is 1. The zero-order valence-corrected chi connectivity index (χ0v) is 13.3. The van der Waals surface area contributed by atoms with Gasteiger partial charge in [0.05, 0.1) is 25.5 Å². The molecule has 0 aromatic heterocycles. The molecule has 1 N–H and O–H groups in total. The molecule has 1 heterocycles. The van der Waals surface area contributed by atoms with Crippen LogP contribution in [-0.4, -0.2) is 43.1 Å². The van der Waals surface area contributed by atoms with Crippen LogP contribution in [0.5, 0.6) is 11.5 Å². The van der Waals surface area contributed by atoms with E-state index in [1.807, 2.05) is 0 Å². The summed E-state index contributed by atoms with van der Waals surface area (Å²) in [4.78, 5) is 25.1. The summed E-state index contributed by atoms with van der Waals surface area (Å²) in [5.74, 6) is -0.308. The van der Waals surface area contributed by atoms with Crippen LogP contribution < -0.4 is 14.4 Å². The number of anilines is 1. The molecule has 6 nitrogen and oxygen atoms in total. The van der Waals surface area contributed by atoms with Crippen LogP contribution in [0.25, 0.3) is 0 Å². The second kappa shape index (κ2) is 6.34. The van der Waals surface area contributed by atoms with Gasteiger partial charge in [0.15, 0.2) is 11.5 Å². The molecule has 0 saturated carbocycles. The molecule has 7 heteroatoms. The minimum atomic E-state index is -1.11. The van der Waals surface area contributed by atoms with Crippen LogP contribution in [0.3, 0.4) is 0 Å². The first-order valence-corrected chi connectivity index (χ1v) is 7.49. The van der Waals surface area contributed by atoms with E-state index in [9.17, 15) is 14.7 Å². The number of hydrogen-bond donors (Lipinski definition) is 1. The third-order valence-electron chi connectivity index (χ3n) is 3.45. The number of nitrogens with zero attached hydrogens (tertiary/aromatic N) is 1. The highest BCUT2D eigenvalue weighted by Crippen LogP contribution is 2.37. The van der Waals surface area contributed by atoms with Gasteiger partial charge in [0.2, 0.25) is 5.91 Å². The average molecular weight is 358 g/mol. The van der Waals surface area contributed by atoms with E-state index < -0.39 is 5.97 Å². The number of carbonyl (C=O) groups is 2. The third-order valence-corrected chi connectivity index (χ3v) is 4.36. The van der Waals surface area contributed by atoms with E-state index in [4.69, 9.17) is 9.47 Å². The normalized spacial score (nSPS) is 18.0. The van der Waals surface area contributed by atoms with Crippen molar-refractivity contribution in [2.24, 2.45) is 5.92 Å². The predicted molar refractivity (Wildman–Crippen MR) is 80.8 cm³/mol. The second-order valence-electron chi connectivity index (χ2n) is 4.76. The Balaban J connectivity index is 2.51. The molecule has 114 valence electrons. The maximum atomic E-state index is 12.1. The van der Waals surface area contributed by atoms with Crippen molar-refractivity contribution in [1.82, 2.24) is 0 Å². The standard InChI is InChI=1S/C14H16BrNO5/c1-20-11-4-9(14(18)19)10(5-12(11)21-2)16-7-8(6-15)3-13(16)17/h4-5,8H,3,6-7H2,1-2H3,(H,18,19). The smallest absolute Gasteiger partial charge is 0.337 e. The molecule has 1 amide bonds. The van der Waals surface area contributed by atoms with Gasteiger partial charge in [-0.1, -0.05) is 15.9 Å². The van der Waals surface area contributed by atoms with Gasteiger partial charge in [-0.2, -0.15) is 0 Å². The van der Waals surface area contributed by atoms with Crippen LogP contribution in [0.15, 0.2) is 12.1 Å². The lowest BCUT2D eigenvalue weighted by atomic mass is 10.1. The van der Waals surface area contributed by atoms with Crippen molar-refractivity contribution in [2.75, 3.05) is 31.0 Å². The lowest BCUT2D eigenvalue weighted by Crippen LogP contribution is -2.26. The van der Waals surface area contributed by atoms with Gasteiger partial charge in [0, 0.05) is 30.4 Å². The number of carbonyl (C=O) groups excluding carboxylic acids is 1. The van der Waals surface area contributed by atoms with Crippen LogP contribution in [0.4, 0.5) is 5.69 Å². The second-order valence-corrected chi connectivity index (χ2v) is 5.41. The summed E-state index contributed by atoms with van der Waals surface area (Å²) in [6.07, 6.45) is 0.401. The lowest BCUT2D eigenvalue weighted by Gasteiger charge is -2.21.